The van der Waals surface area contributed by atoms with Gasteiger partial charge in [0.15, 0.2) is 6.29 Å². The summed E-state index contributed by atoms with van der Waals surface area (Å²) in [4.78, 5) is 0. The molecule has 0 amide bonds. The number of ether oxygens (including phenoxy) is 3. The minimum Gasteiger partial charge on any atom is -0.379 e. The molecular formula is C8H16O4. The van der Waals surface area contributed by atoms with E-state index in [1.54, 1.807) is 14.2 Å². The van der Waals surface area contributed by atoms with Gasteiger partial charge in [-0.15, -0.1) is 0 Å². The number of hydrogen-bond donors (Lipinski definition) is 1. The lowest BCUT2D eigenvalue weighted by molar-refractivity contribution is -0.250. The molecule has 0 aromatic heterocycles. The molecule has 1 rings (SSSR count). The average molecular weight is 176 g/mol. The maximum Gasteiger partial charge on any atom is 0.181 e. The van der Waals surface area contributed by atoms with Crippen LogP contribution < -0.4 is 0 Å². The molecule has 0 bridgehead atoms. The molecule has 4 atom stereocenters. The molecule has 1 N–H and O–H groups in total. The molecule has 12 heavy (non-hydrogen) atoms. The van der Waals surface area contributed by atoms with Crippen molar-refractivity contribution >= 4 is 0 Å². The van der Waals surface area contributed by atoms with Gasteiger partial charge < -0.3 is 19.3 Å². The zero-order valence-electron chi connectivity index (χ0n) is 7.69. The molecule has 0 unspecified atom stereocenters. The molecule has 72 valence electrons. The van der Waals surface area contributed by atoms with E-state index in [9.17, 15) is 5.11 Å². The molecule has 0 saturated carbocycles. The van der Waals surface area contributed by atoms with E-state index in [0.717, 1.165) is 0 Å². The lowest BCUT2D eigenvalue weighted by atomic mass is 10.0. The van der Waals surface area contributed by atoms with Crippen LogP contribution in [-0.2, 0) is 14.2 Å². The zero-order chi connectivity index (χ0) is 9.14. The third-order valence-corrected chi connectivity index (χ3v) is 2.27. The summed E-state index contributed by atoms with van der Waals surface area (Å²) < 4.78 is 15.4. The van der Waals surface area contributed by atoms with Crippen LogP contribution in [0.2, 0.25) is 0 Å². The van der Waals surface area contributed by atoms with Crippen molar-refractivity contribution in [3.63, 3.8) is 0 Å². The van der Waals surface area contributed by atoms with Crippen molar-refractivity contribution in [3.05, 3.63) is 0 Å². The smallest absolute Gasteiger partial charge is 0.181 e. The first kappa shape index (κ1) is 9.92. The zero-order valence-corrected chi connectivity index (χ0v) is 7.69. The van der Waals surface area contributed by atoms with Crippen molar-refractivity contribution in [1.82, 2.24) is 0 Å². The van der Waals surface area contributed by atoms with Crippen LogP contribution in [0.1, 0.15) is 13.3 Å². The van der Waals surface area contributed by atoms with Crippen molar-refractivity contribution in [1.29, 1.82) is 0 Å². The van der Waals surface area contributed by atoms with Crippen LogP contribution in [-0.4, -0.2) is 43.9 Å². The molecule has 0 aromatic carbocycles. The first-order valence-corrected chi connectivity index (χ1v) is 4.08. The fourth-order valence-corrected chi connectivity index (χ4v) is 1.43. The van der Waals surface area contributed by atoms with Crippen LogP contribution in [0.15, 0.2) is 0 Å². The summed E-state index contributed by atoms with van der Waals surface area (Å²) in [5.74, 6) is 0. The van der Waals surface area contributed by atoms with Gasteiger partial charge in [0, 0.05) is 20.6 Å². The van der Waals surface area contributed by atoms with Crippen LogP contribution in [0.5, 0.6) is 0 Å². The minimum atomic E-state index is -0.823. The first-order valence-electron chi connectivity index (χ1n) is 4.08. The van der Waals surface area contributed by atoms with Gasteiger partial charge in [-0.2, -0.15) is 0 Å². The van der Waals surface area contributed by atoms with E-state index in [2.05, 4.69) is 0 Å². The Morgan fingerprint density at radius 2 is 1.83 bits per heavy atom. The van der Waals surface area contributed by atoms with Crippen molar-refractivity contribution < 1.29 is 19.3 Å². The van der Waals surface area contributed by atoms with E-state index in [1.807, 2.05) is 6.92 Å². The van der Waals surface area contributed by atoms with Gasteiger partial charge in [-0.3, -0.25) is 0 Å². The quantitative estimate of drug-likeness (QED) is 0.650. The average Bonchev–Trinajstić information content (AvgIpc) is 2.05. The van der Waals surface area contributed by atoms with Crippen LogP contribution in [0.3, 0.4) is 0 Å². The number of aliphatic hydroxyl groups is 1. The number of methoxy groups -OCH3 is 2. The predicted octanol–water partition coefficient (Wildman–Crippen LogP) is 0.144. The molecule has 1 aliphatic rings. The monoisotopic (exact) mass is 176 g/mol. The molecule has 4 heteroatoms. The minimum absolute atomic E-state index is 0.0124. The third kappa shape index (κ3) is 1.95. The van der Waals surface area contributed by atoms with Gasteiger partial charge >= 0.3 is 0 Å². The van der Waals surface area contributed by atoms with E-state index in [0.29, 0.717) is 6.42 Å². The maximum absolute atomic E-state index is 9.35. The second kappa shape index (κ2) is 4.18. The molecule has 0 spiro atoms. The van der Waals surface area contributed by atoms with E-state index in [1.165, 1.54) is 0 Å². The lowest BCUT2D eigenvalue weighted by Crippen LogP contribution is -2.47. The first-order chi connectivity index (χ1) is 5.69. The van der Waals surface area contributed by atoms with Gasteiger partial charge in [0.25, 0.3) is 0 Å². The van der Waals surface area contributed by atoms with Crippen molar-refractivity contribution in [2.75, 3.05) is 14.2 Å². The molecule has 1 saturated heterocycles. The normalized spacial score (nSPS) is 43.0. The topological polar surface area (TPSA) is 47.9 Å². The maximum atomic E-state index is 9.35. The molecule has 1 heterocycles. The van der Waals surface area contributed by atoms with E-state index >= 15 is 0 Å². The highest BCUT2D eigenvalue weighted by atomic mass is 16.7. The number of aliphatic hydroxyl groups excluding tert-OH is 1. The Morgan fingerprint density at radius 1 is 1.25 bits per heavy atom. The summed E-state index contributed by atoms with van der Waals surface area (Å²) in [6.07, 6.45) is -0.479. The highest BCUT2D eigenvalue weighted by Crippen LogP contribution is 2.22. The van der Waals surface area contributed by atoms with Crippen LogP contribution in [0, 0.1) is 0 Å². The van der Waals surface area contributed by atoms with Gasteiger partial charge in [-0.05, 0) is 6.92 Å². The molecule has 4 nitrogen and oxygen atoms in total. The molecular weight excluding hydrogens is 160 g/mol. The van der Waals surface area contributed by atoms with E-state index in [4.69, 9.17) is 14.2 Å². The third-order valence-electron chi connectivity index (χ3n) is 2.27. The van der Waals surface area contributed by atoms with Gasteiger partial charge in [0.1, 0.15) is 6.10 Å². The molecule has 1 aliphatic heterocycles. The Hall–Kier alpha value is -0.160. The van der Waals surface area contributed by atoms with Gasteiger partial charge in [0.05, 0.1) is 12.2 Å². The Bertz CT molecular complexity index is 125. The second-order valence-corrected chi connectivity index (χ2v) is 3.02. The van der Waals surface area contributed by atoms with Gasteiger partial charge in [-0.1, -0.05) is 0 Å². The predicted molar refractivity (Wildman–Crippen MR) is 42.8 cm³/mol. The van der Waals surface area contributed by atoms with Gasteiger partial charge in [-0.25, -0.2) is 0 Å². The SMILES string of the molecule is CO[C@@H]1C[C@@H](OC)[C@H](O)O[C@H]1C. The molecule has 0 radical (unpaired) electrons. The lowest BCUT2D eigenvalue weighted by Gasteiger charge is -2.36. The summed E-state index contributed by atoms with van der Waals surface area (Å²) in [7, 11) is 3.19. The number of hydrogen-bond acceptors (Lipinski definition) is 4. The summed E-state index contributed by atoms with van der Waals surface area (Å²) >= 11 is 0. The van der Waals surface area contributed by atoms with Crippen LogP contribution >= 0.6 is 0 Å². The summed E-state index contributed by atoms with van der Waals surface area (Å²) in [5, 5.41) is 9.35. The van der Waals surface area contributed by atoms with Crippen molar-refractivity contribution in [2.45, 2.75) is 37.9 Å². The Morgan fingerprint density at radius 3 is 2.33 bits per heavy atom. The Labute approximate surface area is 72.4 Å². The van der Waals surface area contributed by atoms with Crippen LogP contribution in [0.25, 0.3) is 0 Å². The second-order valence-electron chi connectivity index (χ2n) is 3.02. The summed E-state index contributed by atoms with van der Waals surface area (Å²) in [5.41, 5.74) is 0. The number of rotatable bonds is 2. The highest BCUT2D eigenvalue weighted by molar-refractivity contribution is 4.79. The van der Waals surface area contributed by atoms with Crippen molar-refractivity contribution in [2.24, 2.45) is 0 Å². The van der Waals surface area contributed by atoms with Crippen LogP contribution in [0.4, 0.5) is 0 Å². The fourth-order valence-electron chi connectivity index (χ4n) is 1.43. The highest BCUT2D eigenvalue weighted by Gasteiger charge is 2.34. The Balaban J connectivity index is 2.50. The standard InChI is InChI=1S/C8H16O4/c1-5-6(10-2)4-7(11-3)8(9)12-5/h5-9H,4H2,1-3H3/t5-,6+,7+,8+/m0/s1. The van der Waals surface area contributed by atoms with Gasteiger partial charge in [0.2, 0.25) is 0 Å². The summed E-state index contributed by atoms with van der Waals surface area (Å²) in [6, 6.07) is 0. The fraction of sp³-hybridized carbons (Fsp3) is 1.00. The van der Waals surface area contributed by atoms with E-state index in [-0.39, 0.29) is 18.3 Å². The van der Waals surface area contributed by atoms with Crippen molar-refractivity contribution in [3.8, 4) is 0 Å². The Kier molecular flexibility index (Phi) is 3.46. The molecule has 1 fully saturated rings. The largest absolute Gasteiger partial charge is 0.379 e. The van der Waals surface area contributed by atoms with E-state index < -0.39 is 6.29 Å². The summed E-state index contributed by atoms with van der Waals surface area (Å²) in [6.45, 7) is 1.88. The molecule has 0 aromatic rings. The molecule has 0 aliphatic carbocycles.